The zero-order valence-electron chi connectivity index (χ0n) is 15.3. The molecule has 2 aliphatic rings. The van der Waals surface area contributed by atoms with Crippen LogP contribution in [0, 0.1) is 0 Å². The summed E-state index contributed by atoms with van der Waals surface area (Å²) in [6.45, 7) is 1.69. The van der Waals surface area contributed by atoms with Gasteiger partial charge in [0.05, 0.1) is 10.6 Å². The summed E-state index contributed by atoms with van der Waals surface area (Å²) in [7, 11) is 0. The van der Waals surface area contributed by atoms with Crippen LogP contribution < -0.4 is 15.1 Å². The van der Waals surface area contributed by atoms with Gasteiger partial charge in [-0.1, -0.05) is 0 Å². The molecule has 2 aliphatic heterocycles. The summed E-state index contributed by atoms with van der Waals surface area (Å²) < 4.78 is 38.6. The molecule has 0 spiro atoms. The van der Waals surface area contributed by atoms with E-state index >= 15 is 0 Å². The summed E-state index contributed by atoms with van der Waals surface area (Å²) in [5, 5.41) is 1.74. The van der Waals surface area contributed by atoms with Crippen molar-refractivity contribution in [2.24, 2.45) is 0 Å². The van der Waals surface area contributed by atoms with Crippen molar-refractivity contribution in [1.82, 2.24) is 25.3 Å². The number of anilines is 2. The van der Waals surface area contributed by atoms with Gasteiger partial charge in [-0.2, -0.15) is 13.2 Å². The third-order valence-electron chi connectivity index (χ3n) is 4.36. The lowest BCUT2D eigenvalue weighted by Crippen LogP contribution is -2.47. The van der Waals surface area contributed by atoms with Crippen LogP contribution in [0.2, 0.25) is 0 Å². The highest BCUT2D eigenvalue weighted by atomic mass is 32.2. The molecule has 2 fully saturated rings. The second kappa shape index (κ2) is 7.89. The van der Waals surface area contributed by atoms with E-state index in [1.165, 1.54) is 12.3 Å². The number of alkyl halides is 3. The Labute approximate surface area is 172 Å². The Morgan fingerprint density at radius 2 is 1.57 bits per heavy atom. The van der Waals surface area contributed by atoms with Crippen molar-refractivity contribution in [2.75, 3.05) is 36.0 Å². The minimum absolute atomic E-state index is 0.0258. The van der Waals surface area contributed by atoms with Crippen LogP contribution in [0.4, 0.5) is 29.9 Å². The van der Waals surface area contributed by atoms with E-state index in [-0.39, 0.29) is 10.9 Å². The lowest BCUT2D eigenvalue weighted by molar-refractivity contribution is -0.141. The minimum Gasteiger partial charge on any atom is -0.337 e. The molecule has 1 N–H and O–H groups in total. The number of amides is 2. The van der Waals surface area contributed by atoms with Gasteiger partial charge < -0.3 is 9.80 Å². The Morgan fingerprint density at radius 1 is 0.967 bits per heavy atom. The summed E-state index contributed by atoms with van der Waals surface area (Å²) >= 11 is 0.798. The van der Waals surface area contributed by atoms with Crippen molar-refractivity contribution < 1.29 is 22.8 Å². The number of nitrogens with zero attached hydrogens (tertiary/aromatic N) is 6. The molecule has 0 radical (unpaired) electrons. The fourth-order valence-electron chi connectivity index (χ4n) is 2.92. The molecule has 2 aromatic heterocycles. The largest absolute Gasteiger partial charge is 0.433 e. The molecule has 0 bridgehead atoms. The van der Waals surface area contributed by atoms with Gasteiger partial charge in [-0.3, -0.25) is 14.9 Å². The van der Waals surface area contributed by atoms with Gasteiger partial charge in [-0.05, 0) is 30.0 Å². The molecular formula is C17H14F3N7O2S. The van der Waals surface area contributed by atoms with Crippen molar-refractivity contribution in [3.63, 3.8) is 0 Å². The van der Waals surface area contributed by atoms with Crippen LogP contribution in [-0.4, -0.2) is 57.3 Å². The highest BCUT2D eigenvalue weighted by Crippen LogP contribution is 2.28. The number of hydrogen-bond acceptors (Lipinski definition) is 9. The van der Waals surface area contributed by atoms with Crippen molar-refractivity contribution in [3.8, 4) is 0 Å². The summed E-state index contributed by atoms with van der Waals surface area (Å²) in [6, 6.07) is 2.45. The van der Waals surface area contributed by atoms with Gasteiger partial charge in [-0.25, -0.2) is 19.9 Å². The fourth-order valence-corrected chi connectivity index (χ4v) is 3.58. The number of thioether (sulfide) groups is 1. The van der Waals surface area contributed by atoms with Crippen LogP contribution in [0.15, 0.2) is 29.4 Å². The molecule has 13 heteroatoms. The Balaban J connectivity index is 1.44. The molecule has 2 amide bonds. The first kappa shape index (κ1) is 20.1. The minimum atomic E-state index is -4.53. The Hall–Kier alpha value is -3.22. The maximum absolute atomic E-state index is 12.9. The lowest BCUT2D eigenvalue weighted by Gasteiger charge is -2.34. The van der Waals surface area contributed by atoms with Gasteiger partial charge >= 0.3 is 6.18 Å². The summed E-state index contributed by atoms with van der Waals surface area (Å²) in [5.41, 5.74) is -0.512. The Kier molecular flexibility index (Phi) is 5.28. The molecule has 156 valence electrons. The quantitative estimate of drug-likeness (QED) is 0.722. The fraction of sp³-hybridized carbons (Fsp3) is 0.294. The Bertz CT molecular complexity index is 1020. The van der Waals surface area contributed by atoms with E-state index in [9.17, 15) is 22.8 Å². The number of nitrogens with one attached hydrogen (secondary N) is 1. The molecule has 9 nitrogen and oxygen atoms in total. The van der Waals surface area contributed by atoms with Gasteiger partial charge in [0.25, 0.3) is 11.1 Å². The van der Waals surface area contributed by atoms with E-state index in [4.69, 9.17) is 0 Å². The molecular weight excluding hydrogens is 423 g/mol. The normalized spacial score (nSPS) is 18.8. The first-order valence-corrected chi connectivity index (χ1v) is 9.59. The highest BCUT2D eigenvalue weighted by molar-refractivity contribution is 8.18. The second-order valence-corrected chi connectivity index (χ2v) is 7.36. The SMILES string of the molecule is O=C1NC(=O)/C(=C/c2ccnc(N3CCN(c4nccc(C(F)(F)F)n4)CC3)n2)S1. The van der Waals surface area contributed by atoms with E-state index in [0.29, 0.717) is 37.8 Å². The van der Waals surface area contributed by atoms with Gasteiger partial charge in [0, 0.05) is 38.6 Å². The lowest BCUT2D eigenvalue weighted by atomic mass is 10.3. The standard InChI is InChI=1S/C17H14F3N7O2S/c18-17(19,20)12-2-4-22-15(24-12)27-7-5-26(6-8-27)14-21-3-1-10(23-14)9-11-13(28)25-16(29)30-11/h1-4,9H,5-8H2,(H,25,28,29)/b11-9-. The van der Waals surface area contributed by atoms with Crippen molar-refractivity contribution in [2.45, 2.75) is 6.18 Å². The average Bonchev–Trinajstić information content (AvgIpc) is 3.04. The van der Waals surface area contributed by atoms with Crippen molar-refractivity contribution in [1.29, 1.82) is 0 Å². The van der Waals surface area contributed by atoms with Crippen LogP contribution >= 0.6 is 11.8 Å². The zero-order chi connectivity index (χ0) is 21.3. The summed E-state index contributed by atoms with van der Waals surface area (Å²) in [4.78, 5) is 42.9. The van der Waals surface area contributed by atoms with Gasteiger partial charge in [0.1, 0.15) is 5.69 Å². The van der Waals surface area contributed by atoms with E-state index in [0.717, 1.165) is 24.0 Å². The van der Waals surface area contributed by atoms with Crippen molar-refractivity contribution >= 4 is 40.9 Å². The van der Waals surface area contributed by atoms with Gasteiger partial charge in [0.15, 0.2) is 0 Å². The second-order valence-electron chi connectivity index (χ2n) is 6.35. The molecule has 4 rings (SSSR count). The predicted molar refractivity (Wildman–Crippen MR) is 103 cm³/mol. The van der Waals surface area contributed by atoms with Crippen LogP contribution in [0.5, 0.6) is 0 Å². The Morgan fingerprint density at radius 3 is 2.13 bits per heavy atom. The number of hydrogen-bond donors (Lipinski definition) is 1. The predicted octanol–water partition coefficient (Wildman–Crippen LogP) is 1.94. The molecule has 0 aliphatic carbocycles. The van der Waals surface area contributed by atoms with Crippen LogP contribution in [-0.2, 0) is 11.0 Å². The number of piperazine rings is 1. The average molecular weight is 437 g/mol. The maximum Gasteiger partial charge on any atom is 0.433 e. The molecule has 2 saturated heterocycles. The number of rotatable bonds is 3. The maximum atomic E-state index is 12.9. The van der Waals surface area contributed by atoms with Crippen molar-refractivity contribution in [3.05, 3.63) is 40.8 Å². The molecule has 30 heavy (non-hydrogen) atoms. The molecule has 0 unspecified atom stereocenters. The van der Waals surface area contributed by atoms with Gasteiger partial charge in [-0.15, -0.1) is 0 Å². The van der Waals surface area contributed by atoms with Crippen LogP contribution in [0.1, 0.15) is 11.4 Å². The van der Waals surface area contributed by atoms with E-state index < -0.39 is 23.0 Å². The van der Waals surface area contributed by atoms with E-state index in [2.05, 4.69) is 25.3 Å². The highest BCUT2D eigenvalue weighted by Gasteiger charge is 2.33. The number of imide groups is 1. The molecule has 0 atom stereocenters. The number of aromatic nitrogens is 4. The summed E-state index contributed by atoms with van der Waals surface area (Å²) in [5.74, 6) is -0.0265. The van der Waals surface area contributed by atoms with E-state index in [1.54, 1.807) is 11.0 Å². The molecule has 2 aromatic rings. The molecule has 0 aromatic carbocycles. The van der Waals surface area contributed by atoms with Crippen LogP contribution in [0.25, 0.3) is 6.08 Å². The summed E-state index contributed by atoms with van der Waals surface area (Å²) in [6.07, 6.45) is -0.389. The number of carbonyl (C=O) groups is 2. The first-order valence-electron chi connectivity index (χ1n) is 8.77. The smallest absolute Gasteiger partial charge is 0.337 e. The monoisotopic (exact) mass is 437 g/mol. The third-order valence-corrected chi connectivity index (χ3v) is 5.17. The third kappa shape index (κ3) is 4.35. The molecule has 0 saturated carbocycles. The van der Waals surface area contributed by atoms with Crippen LogP contribution in [0.3, 0.4) is 0 Å². The van der Waals surface area contributed by atoms with Gasteiger partial charge in [0.2, 0.25) is 11.9 Å². The number of carbonyl (C=O) groups excluding carboxylic acids is 2. The first-order chi connectivity index (χ1) is 14.3. The van der Waals surface area contributed by atoms with E-state index in [1.807, 2.05) is 4.90 Å². The zero-order valence-corrected chi connectivity index (χ0v) is 16.1. The molecule has 4 heterocycles. The topological polar surface area (TPSA) is 104 Å². The number of halogens is 3.